The third-order valence-corrected chi connectivity index (χ3v) is 5.70. The molecule has 0 bridgehead atoms. The molecule has 1 aromatic rings. The van der Waals surface area contributed by atoms with Crippen molar-refractivity contribution >= 4 is 15.8 Å². The van der Waals surface area contributed by atoms with Gasteiger partial charge in [0.05, 0.1) is 11.9 Å². The van der Waals surface area contributed by atoms with Crippen molar-refractivity contribution < 1.29 is 13.2 Å². The molecular weight excluding hydrogens is 302 g/mol. The molecular formula is C15H25N3O3S. The molecule has 0 unspecified atom stereocenters. The lowest BCUT2D eigenvalue weighted by atomic mass is 10.2. The van der Waals surface area contributed by atoms with Crippen molar-refractivity contribution in [2.75, 3.05) is 27.0 Å². The zero-order valence-electron chi connectivity index (χ0n) is 13.8. The number of hydrogen-bond acceptors (Lipinski definition) is 4. The molecule has 0 saturated heterocycles. The monoisotopic (exact) mass is 327 g/mol. The summed E-state index contributed by atoms with van der Waals surface area (Å²) in [6, 6.07) is 7.69. The maximum absolute atomic E-state index is 11.7. The van der Waals surface area contributed by atoms with E-state index in [1.54, 1.807) is 28.0 Å². The number of methoxy groups -OCH3 is 1. The number of nitrogens with one attached hydrogen (secondary N) is 2. The number of rotatable bonds is 6. The van der Waals surface area contributed by atoms with Crippen LogP contribution in [-0.4, -0.2) is 46.1 Å². The van der Waals surface area contributed by atoms with E-state index in [2.05, 4.69) is 15.6 Å². The molecule has 0 radical (unpaired) electrons. The van der Waals surface area contributed by atoms with Crippen molar-refractivity contribution in [2.45, 2.75) is 25.1 Å². The third-order valence-electron chi connectivity index (χ3n) is 3.55. The Kier molecular flexibility index (Phi) is 6.22. The summed E-state index contributed by atoms with van der Waals surface area (Å²) < 4.78 is 27.8. The van der Waals surface area contributed by atoms with Gasteiger partial charge in [0.15, 0.2) is 15.8 Å². The summed E-state index contributed by atoms with van der Waals surface area (Å²) in [7, 11) is 0.120. The zero-order valence-corrected chi connectivity index (χ0v) is 14.6. The molecule has 0 fully saturated rings. The van der Waals surface area contributed by atoms with Crippen molar-refractivity contribution in [1.82, 2.24) is 10.6 Å². The van der Waals surface area contributed by atoms with Gasteiger partial charge in [-0.1, -0.05) is 18.2 Å². The van der Waals surface area contributed by atoms with Crippen LogP contribution in [0.2, 0.25) is 0 Å². The highest BCUT2D eigenvalue weighted by Crippen LogP contribution is 2.16. The van der Waals surface area contributed by atoms with Crippen LogP contribution in [0.5, 0.6) is 5.75 Å². The molecule has 7 heteroatoms. The number of guanidine groups is 1. The van der Waals surface area contributed by atoms with Crippen molar-refractivity contribution in [1.29, 1.82) is 0 Å². The maximum atomic E-state index is 11.7. The molecule has 0 saturated carbocycles. The van der Waals surface area contributed by atoms with Gasteiger partial charge in [0, 0.05) is 32.0 Å². The number of benzene rings is 1. The van der Waals surface area contributed by atoms with E-state index in [4.69, 9.17) is 4.74 Å². The van der Waals surface area contributed by atoms with Crippen LogP contribution in [0, 0.1) is 0 Å². The molecule has 2 N–H and O–H groups in total. The van der Waals surface area contributed by atoms with Gasteiger partial charge in [0.1, 0.15) is 5.75 Å². The molecule has 0 aromatic heterocycles. The SMILES string of the molecule is CN=C(NCc1ccccc1OC)NCC(C)(C)S(C)(=O)=O. The van der Waals surface area contributed by atoms with Gasteiger partial charge >= 0.3 is 0 Å². The molecule has 0 amide bonds. The Morgan fingerprint density at radius 1 is 1.27 bits per heavy atom. The molecule has 0 aliphatic carbocycles. The topological polar surface area (TPSA) is 79.8 Å². The Bertz CT molecular complexity index is 625. The predicted octanol–water partition coefficient (Wildman–Crippen LogP) is 1.18. The van der Waals surface area contributed by atoms with Gasteiger partial charge in [-0.2, -0.15) is 0 Å². The standard InChI is InChI=1S/C15H25N3O3S/c1-15(2,22(5,19)20)11-18-14(16-3)17-10-12-8-6-7-9-13(12)21-4/h6-9H,10-11H2,1-5H3,(H2,16,17,18). The van der Waals surface area contributed by atoms with Gasteiger partial charge in [0.2, 0.25) is 0 Å². The predicted molar refractivity (Wildman–Crippen MR) is 90.1 cm³/mol. The van der Waals surface area contributed by atoms with E-state index in [0.717, 1.165) is 11.3 Å². The summed E-state index contributed by atoms with van der Waals surface area (Å²) in [4.78, 5) is 4.10. The quantitative estimate of drug-likeness (QED) is 0.606. The first kappa shape index (κ1) is 18.3. The first-order valence-electron chi connectivity index (χ1n) is 6.97. The second-order valence-corrected chi connectivity index (χ2v) is 8.27. The van der Waals surface area contributed by atoms with Crippen molar-refractivity contribution in [3.05, 3.63) is 29.8 Å². The molecule has 124 valence electrons. The van der Waals surface area contributed by atoms with Crippen LogP contribution in [0.1, 0.15) is 19.4 Å². The molecule has 6 nitrogen and oxygen atoms in total. The van der Waals surface area contributed by atoms with Crippen LogP contribution in [0.25, 0.3) is 0 Å². The molecule has 22 heavy (non-hydrogen) atoms. The lowest BCUT2D eigenvalue weighted by Gasteiger charge is -2.24. The second kappa shape index (κ2) is 7.49. The van der Waals surface area contributed by atoms with Crippen molar-refractivity contribution in [2.24, 2.45) is 4.99 Å². The summed E-state index contributed by atoms with van der Waals surface area (Å²) in [6.07, 6.45) is 1.24. The lowest BCUT2D eigenvalue weighted by molar-refractivity contribution is 0.409. The van der Waals surface area contributed by atoms with Crippen LogP contribution in [0.15, 0.2) is 29.3 Å². The molecule has 0 aliphatic rings. The fourth-order valence-electron chi connectivity index (χ4n) is 1.68. The third kappa shape index (κ3) is 4.91. The minimum atomic E-state index is -3.15. The van der Waals surface area contributed by atoms with E-state index < -0.39 is 14.6 Å². The summed E-state index contributed by atoms with van der Waals surface area (Å²) >= 11 is 0. The van der Waals surface area contributed by atoms with Crippen LogP contribution >= 0.6 is 0 Å². The largest absolute Gasteiger partial charge is 0.496 e. The van der Waals surface area contributed by atoms with Crippen LogP contribution in [-0.2, 0) is 16.4 Å². The van der Waals surface area contributed by atoms with Crippen molar-refractivity contribution in [3.63, 3.8) is 0 Å². The number of sulfone groups is 1. The smallest absolute Gasteiger partial charge is 0.191 e. The Morgan fingerprint density at radius 2 is 1.91 bits per heavy atom. The first-order valence-corrected chi connectivity index (χ1v) is 8.86. The van der Waals surface area contributed by atoms with Crippen LogP contribution in [0.4, 0.5) is 0 Å². The van der Waals surface area contributed by atoms with Gasteiger partial charge in [-0.25, -0.2) is 8.42 Å². The summed E-state index contributed by atoms with van der Waals surface area (Å²) in [5, 5.41) is 6.19. The highest BCUT2D eigenvalue weighted by atomic mass is 32.2. The minimum absolute atomic E-state index is 0.275. The maximum Gasteiger partial charge on any atom is 0.191 e. The number of nitrogens with zero attached hydrogens (tertiary/aromatic N) is 1. The Labute approximate surface area is 132 Å². The number of para-hydroxylation sites is 1. The Morgan fingerprint density at radius 3 is 2.45 bits per heavy atom. The summed E-state index contributed by atoms with van der Waals surface area (Å²) in [5.41, 5.74) is 0.996. The van der Waals surface area contributed by atoms with Gasteiger partial charge < -0.3 is 15.4 Å². The van der Waals surface area contributed by atoms with E-state index >= 15 is 0 Å². The fourth-order valence-corrected chi connectivity index (χ4v) is 2.01. The number of hydrogen-bond donors (Lipinski definition) is 2. The summed E-state index contributed by atoms with van der Waals surface area (Å²) in [5.74, 6) is 1.34. The van der Waals surface area contributed by atoms with E-state index in [9.17, 15) is 8.42 Å². The molecule has 1 rings (SSSR count). The minimum Gasteiger partial charge on any atom is -0.496 e. The number of aliphatic imine (C=N–C) groups is 1. The molecule has 1 aromatic carbocycles. The first-order chi connectivity index (χ1) is 10.2. The Hall–Kier alpha value is -1.76. The second-order valence-electron chi connectivity index (χ2n) is 5.62. The fraction of sp³-hybridized carbons (Fsp3) is 0.533. The molecule has 0 aliphatic heterocycles. The van der Waals surface area contributed by atoms with E-state index in [-0.39, 0.29) is 6.54 Å². The molecule has 0 heterocycles. The summed E-state index contributed by atoms with van der Waals surface area (Å²) in [6.45, 7) is 4.17. The van der Waals surface area contributed by atoms with E-state index in [1.807, 2.05) is 24.3 Å². The van der Waals surface area contributed by atoms with Gasteiger partial charge in [0.25, 0.3) is 0 Å². The molecule has 0 atom stereocenters. The lowest BCUT2D eigenvalue weighted by Crippen LogP contribution is -2.47. The van der Waals surface area contributed by atoms with E-state index in [0.29, 0.717) is 12.5 Å². The highest BCUT2D eigenvalue weighted by molar-refractivity contribution is 7.92. The molecule has 0 spiro atoms. The average Bonchev–Trinajstić information content (AvgIpc) is 2.46. The zero-order chi connectivity index (χ0) is 16.8. The highest BCUT2D eigenvalue weighted by Gasteiger charge is 2.30. The van der Waals surface area contributed by atoms with Crippen molar-refractivity contribution in [3.8, 4) is 5.75 Å². The van der Waals surface area contributed by atoms with E-state index in [1.165, 1.54) is 6.26 Å². The van der Waals surface area contributed by atoms with Crippen LogP contribution < -0.4 is 15.4 Å². The van der Waals surface area contributed by atoms with Crippen LogP contribution in [0.3, 0.4) is 0 Å². The van der Waals surface area contributed by atoms with Gasteiger partial charge in [-0.05, 0) is 19.9 Å². The number of ether oxygens (including phenoxy) is 1. The van der Waals surface area contributed by atoms with Gasteiger partial charge in [-0.15, -0.1) is 0 Å². The Balaban J connectivity index is 2.64. The average molecular weight is 327 g/mol. The van der Waals surface area contributed by atoms with Gasteiger partial charge in [-0.3, -0.25) is 4.99 Å². The normalized spacial score (nSPS) is 12.9.